The number of likely N-dealkylation sites (N-methyl/N-ethyl adjacent to an activating group) is 2. The smallest absolute Gasteiger partial charge is 0.295 e. The van der Waals surface area contributed by atoms with Gasteiger partial charge in [0, 0.05) is 32.6 Å². The maximum atomic E-state index is 13.3. The number of hydrogen-bond donors (Lipinski definition) is 0. The maximum absolute atomic E-state index is 13.3. The van der Waals surface area contributed by atoms with E-state index in [2.05, 4.69) is 4.98 Å². The van der Waals surface area contributed by atoms with E-state index in [4.69, 9.17) is 0 Å². The molecule has 150 valence electrons. The van der Waals surface area contributed by atoms with Crippen molar-refractivity contribution in [3.8, 4) is 0 Å². The van der Waals surface area contributed by atoms with Gasteiger partial charge in [0.05, 0.1) is 16.5 Å². The molecule has 0 aliphatic carbocycles. The number of carbonyl (C=O) groups is 1. The number of hydrogen-bond acceptors (Lipinski definition) is 5. The van der Waals surface area contributed by atoms with Gasteiger partial charge in [0.2, 0.25) is 0 Å². The summed E-state index contributed by atoms with van der Waals surface area (Å²) in [6, 6.07) is 12.9. The standard InChI is InChI=1S/C21H21FN4O3/c1-14-12-15-6-4-5-7-17(15)23-20(14)21(27)25(3)11-10-24(2)18-9-8-16(22)13-19(18)26(28)29/h4-9,12-13H,10-11H2,1-3H3. The van der Waals surface area contributed by atoms with Crippen LogP contribution in [0.1, 0.15) is 16.1 Å². The van der Waals surface area contributed by atoms with Gasteiger partial charge in [-0.3, -0.25) is 14.9 Å². The second-order valence-corrected chi connectivity index (χ2v) is 6.88. The first-order chi connectivity index (χ1) is 13.8. The van der Waals surface area contributed by atoms with E-state index in [1.807, 2.05) is 37.3 Å². The van der Waals surface area contributed by atoms with Crippen molar-refractivity contribution < 1.29 is 14.1 Å². The highest BCUT2D eigenvalue weighted by Gasteiger charge is 2.20. The number of anilines is 1. The van der Waals surface area contributed by atoms with Gasteiger partial charge in [0.15, 0.2) is 0 Å². The average molecular weight is 396 g/mol. The number of carbonyl (C=O) groups excluding carboxylic acids is 1. The predicted molar refractivity (Wildman–Crippen MR) is 110 cm³/mol. The van der Waals surface area contributed by atoms with Gasteiger partial charge in [0.25, 0.3) is 11.6 Å². The highest BCUT2D eigenvalue weighted by molar-refractivity contribution is 5.96. The number of para-hydroxylation sites is 1. The number of pyridine rings is 1. The fourth-order valence-corrected chi connectivity index (χ4v) is 3.11. The van der Waals surface area contributed by atoms with Crippen molar-refractivity contribution >= 4 is 28.2 Å². The first-order valence-corrected chi connectivity index (χ1v) is 9.05. The van der Waals surface area contributed by atoms with Crippen molar-refractivity contribution in [1.29, 1.82) is 0 Å². The molecule has 29 heavy (non-hydrogen) atoms. The Morgan fingerprint density at radius 1 is 1.14 bits per heavy atom. The quantitative estimate of drug-likeness (QED) is 0.468. The number of benzene rings is 2. The summed E-state index contributed by atoms with van der Waals surface area (Å²) in [5.74, 6) is -0.894. The van der Waals surface area contributed by atoms with Crippen LogP contribution >= 0.6 is 0 Å². The molecule has 8 heteroatoms. The number of nitrogens with zero attached hydrogens (tertiary/aromatic N) is 4. The molecule has 0 atom stereocenters. The third-order valence-electron chi connectivity index (χ3n) is 4.78. The summed E-state index contributed by atoms with van der Waals surface area (Å²) < 4.78 is 13.3. The predicted octanol–water partition coefficient (Wildman–Crippen LogP) is 3.80. The molecule has 0 N–H and O–H groups in total. The van der Waals surface area contributed by atoms with E-state index < -0.39 is 10.7 Å². The Kier molecular flexibility index (Phi) is 5.72. The normalized spacial score (nSPS) is 10.8. The number of nitro benzene ring substituents is 1. The third kappa shape index (κ3) is 4.31. The number of halogens is 1. The summed E-state index contributed by atoms with van der Waals surface area (Å²) in [4.78, 5) is 31.1. The van der Waals surface area contributed by atoms with Crippen molar-refractivity contribution in [3.05, 3.63) is 75.7 Å². The first kappa shape index (κ1) is 20.2. The molecule has 0 bridgehead atoms. The van der Waals surface area contributed by atoms with Crippen LogP contribution in [0.3, 0.4) is 0 Å². The molecule has 3 aromatic rings. The average Bonchev–Trinajstić information content (AvgIpc) is 2.70. The Morgan fingerprint density at radius 2 is 1.86 bits per heavy atom. The molecular formula is C21H21FN4O3. The number of aromatic nitrogens is 1. The van der Waals surface area contributed by atoms with Crippen LogP contribution in [0, 0.1) is 22.9 Å². The van der Waals surface area contributed by atoms with E-state index in [1.54, 1.807) is 19.0 Å². The molecule has 7 nitrogen and oxygen atoms in total. The zero-order valence-electron chi connectivity index (χ0n) is 16.4. The molecule has 2 aromatic carbocycles. The van der Waals surface area contributed by atoms with Gasteiger partial charge in [-0.25, -0.2) is 9.37 Å². The molecule has 0 unspecified atom stereocenters. The number of rotatable bonds is 6. The van der Waals surface area contributed by atoms with Gasteiger partial charge in [-0.05, 0) is 36.8 Å². The minimum Gasteiger partial charge on any atom is -0.367 e. The van der Waals surface area contributed by atoms with E-state index in [9.17, 15) is 19.3 Å². The summed E-state index contributed by atoms with van der Waals surface area (Å²) in [6.07, 6.45) is 0. The maximum Gasteiger partial charge on any atom is 0.295 e. The molecule has 0 radical (unpaired) electrons. The summed E-state index contributed by atoms with van der Waals surface area (Å²) in [5, 5.41) is 12.2. The van der Waals surface area contributed by atoms with Gasteiger partial charge in [-0.2, -0.15) is 0 Å². The Labute approximate surface area is 167 Å². The van der Waals surface area contributed by atoms with Crippen molar-refractivity contribution in [2.45, 2.75) is 6.92 Å². The summed E-state index contributed by atoms with van der Waals surface area (Å²) in [6.45, 7) is 2.49. The van der Waals surface area contributed by atoms with Crippen LogP contribution in [-0.2, 0) is 0 Å². The lowest BCUT2D eigenvalue weighted by Crippen LogP contribution is -2.35. The summed E-state index contributed by atoms with van der Waals surface area (Å²) in [5.41, 5.74) is 1.88. The van der Waals surface area contributed by atoms with Crippen LogP contribution in [0.15, 0.2) is 48.5 Å². The number of nitro groups is 1. The largest absolute Gasteiger partial charge is 0.367 e. The van der Waals surface area contributed by atoms with Gasteiger partial charge in [0.1, 0.15) is 17.2 Å². The fraction of sp³-hybridized carbons (Fsp3) is 0.238. The molecule has 0 aliphatic rings. The van der Waals surface area contributed by atoms with Gasteiger partial charge in [-0.15, -0.1) is 0 Å². The molecule has 0 saturated carbocycles. The zero-order chi connectivity index (χ0) is 21.1. The van der Waals surface area contributed by atoms with Gasteiger partial charge >= 0.3 is 0 Å². The Balaban J connectivity index is 1.74. The highest BCUT2D eigenvalue weighted by atomic mass is 19.1. The van der Waals surface area contributed by atoms with Gasteiger partial charge < -0.3 is 9.80 Å². The zero-order valence-corrected chi connectivity index (χ0v) is 16.4. The van der Waals surface area contributed by atoms with Crippen LogP contribution in [0.4, 0.5) is 15.8 Å². The van der Waals surface area contributed by atoms with Crippen molar-refractivity contribution in [3.63, 3.8) is 0 Å². The van der Waals surface area contributed by atoms with Crippen LogP contribution in [0.2, 0.25) is 0 Å². The number of fused-ring (bicyclic) bond motifs is 1. The molecule has 1 heterocycles. The number of amides is 1. The molecule has 0 fully saturated rings. The van der Waals surface area contributed by atoms with Crippen LogP contribution in [0.5, 0.6) is 0 Å². The first-order valence-electron chi connectivity index (χ1n) is 9.05. The number of aryl methyl sites for hydroxylation is 1. The minimum absolute atomic E-state index is 0.227. The Hall–Kier alpha value is -3.55. The van der Waals surface area contributed by atoms with Crippen molar-refractivity contribution in [1.82, 2.24) is 9.88 Å². The van der Waals surface area contributed by atoms with Crippen LogP contribution in [-0.4, -0.2) is 47.9 Å². The second kappa shape index (κ2) is 8.22. The summed E-state index contributed by atoms with van der Waals surface area (Å²) in [7, 11) is 3.32. The molecule has 3 rings (SSSR count). The molecule has 0 spiro atoms. The van der Waals surface area contributed by atoms with E-state index in [1.165, 1.54) is 17.0 Å². The highest BCUT2D eigenvalue weighted by Crippen LogP contribution is 2.28. The molecule has 0 saturated heterocycles. The minimum atomic E-state index is -0.668. The monoisotopic (exact) mass is 396 g/mol. The van der Waals surface area contributed by atoms with Crippen LogP contribution in [0.25, 0.3) is 10.9 Å². The molecule has 0 aliphatic heterocycles. The molecular weight excluding hydrogens is 375 g/mol. The third-order valence-corrected chi connectivity index (χ3v) is 4.78. The topological polar surface area (TPSA) is 79.6 Å². The van der Waals surface area contributed by atoms with Gasteiger partial charge in [-0.1, -0.05) is 18.2 Å². The lowest BCUT2D eigenvalue weighted by atomic mass is 10.1. The van der Waals surface area contributed by atoms with E-state index in [0.717, 1.165) is 22.5 Å². The van der Waals surface area contributed by atoms with E-state index >= 15 is 0 Å². The molecule has 1 amide bonds. The Morgan fingerprint density at radius 3 is 2.59 bits per heavy atom. The van der Waals surface area contributed by atoms with Crippen LogP contribution < -0.4 is 4.90 Å². The Bertz CT molecular complexity index is 1090. The van der Waals surface area contributed by atoms with E-state index in [0.29, 0.717) is 18.8 Å². The lowest BCUT2D eigenvalue weighted by Gasteiger charge is -2.24. The fourth-order valence-electron chi connectivity index (χ4n) is 3.11. The second-order valence-electron chi connectivity index (χ2n) is 6.88. The summed E-state index contributed by atoms with van der Waals surface area (Å²) >= 11 is 0. The van der Waals surface area contributed by atoms with Crippen molar-refractivity contribution in [2.75, 3.05) is 32.1 Å². The lowest BCUT2D eigenvalue weighted by molar-refractivity contribution is -0.384. The van der Waals surface area contributed by atoms with E-state index in [-0.39, 0.29) is 17.3 Å². The SMILES string of the molecule is Cc1cc2ccccc2nc1C(=O)N(C)CCN(C)c1ccc(F)cc1[N+](=O)[O-]. The molecule has 1 aromatic heterocycles. The van der Waals surface area contributed by atoms with Crippen molar-refractivity contribution in [2.24, 2.45) is 0 Å².